The zero-order chi connectivity index (χ0) is 21.1. The Hall–Kier alpha value is -3.88. The summed E-state index contributed by atoms with van der Waals surface area (Å²) in [5.41, 5.74) is -0.103. The van der Waals surface area contributed by atoms with Crippen molar-refractivity contribution in [2.24, 2.45) is 0 Å². The lowest BCUT2D eigenvalue weighted by Crippen LogP contribution is -2.28. The van der Waals surface area contributed by atoms with Crippen LogP contribution in [-0.2, 0) is 6.54 Å². The van der Waals surface area contributed by atoms with Gasteiger partial charge in [0.25, 0.3) is 11.2 Å². The molecule has 3 rings (SSSR count). The van der Waals surface area contributed by atoms with Crippen LogP contribution in [0.15, 0.2) is 53.3 Å². The Kier molecular flexibility index (Phi) is 5.49. The number of benzene rings is 2. The molecule has 1 N–H and O–H groups in total. The zero-order valence-electron chi connectivity index (χ0n) is 15.7. The molecule has 0 aliphatic heterocycles. The van der Waals surface area contributed by atoms with Gasteiger partial charge in [0, 0.05) is 29.9 Å². The lowest BCUT2D eigenvalue weighted by Gasteiger charge is -2.16. The Bertz CT molecular complexity index is 1170. The van der Waals surface area contributed by atoms with E-state index < -0.39 is 22.1 Å². The number of aryl methyl sites for hydroxylation is 1. The molecule has 8 nitrogen and oxygen atoms in total. The molecule has 0 radical (unpaired) electrons. The third-order valence-electron chi connectivity index (χ3n) is 4.23. The van der Waals surface area contributed by atoms with Crippen LogP contribution in [-0.4, -0.2) is 20.5 Å². The molecule has 0 amide bonds. The second kappa shape index (κ2) is 8.01. The van der Waals surface area contributed by atoms with Gasteiger partial charge in [0.2, 0.25) is 0 Å². The van der Waals surface area contributed by atoms with Crippen LogP contribution in [0.4, 0.5) is 21.5 Å². The zero-order valence-corrected chi connectivity index (χ0v) is 15.7. The number of nitrogens with zero attached hydrogens (tertiary/aromatic N) is 3. The van der Waals surface area contributed by atoms with E-state index in [1.165, 1.54) is 43.3 Å². The van der Waals surface area contributed by atoms with Crippen LogP contribution < -0.4 is 10.9 Å². The van der Waals surface area contributed by atoms with Crippen LogP contribution in [0, 0.1) is 15.9 Å². The summed E-state index contributed by atoms with van der Waals surface area (Å²) in [4.78, 5) is 35.9. The number of nitro benzene ring substituents is 1. The van der Waals surface area contributed by atoms with Gasteiger partial charge in [0.15, 0.2) is 5.78 Å². The van der Waals surface area contributed by atoms with E-state index >= 15 is 0 Å². The highest BCUT2D eigenvalue weighted by atomic mass is 19.1. The highest BCUT2D eigenvalue weighted by Crippen LogP contribution is 2.29. The number of rotatable bonds is 6. The van der Waals surface area contributed by atoms with E-state index in [-0.39, 0.29) is 34.9 Å². The summed E-state index contributed by atoms with van der Waals surface area (Å²) in [6, 6.07) is 11.1. The van der Waals surface area contributed by atoms with Gasteiger partial charge in [-0.05, 0) is 32.0 Å². The summed E-state index contributed by atoms with van der Waals surface area (Å²) in [7, 11) is 0. The number of nitro groups is 1. The van der Waals surface area contributed by atoms with Gasteiger partial charge in [-0.15, -0.1) is 0 Å². The summed E-state index contributed by atoms with van der Waals surface area (Å²) in [6.45, 7) is 3.17. The molecule has 0 atom stereocenters. The van der Waals surface area contributed by atoms with E-state index in [1.807, 2.05) is 0 Å². The lowest BCUT2D eigenvalue weighted by molar-refractivity contribution is -0.384. The van der Waals surface area contributed by atoms with E-state index in [1.54, 1.807) is 19.1 Å². The van der Waals surface area contributed by atoms with Crippen LogP contribution >= 0.6 is 0 Å². The van der Waals surface area contributed by atoms with Gasteiger partial charge >= 0.3 is 0 Å². The van der Waals surface area contributed by atoms with Crippen molar-refractivity contribution < 1.29 is 14.1 Å². The number of hydrogen-bond donors (Lipinski definition) is 1. The van der Waals surface area contributed by atoms with Crippen molar-refractivity contribution in [3.8, 4) is 11.3 Å². The quantitative estimate of drug-likeness (QED) is 0.384. The predicted octanol–water partition coefficient (Wildman–Crippen LogP) is 3.92. The van der Waals surface area contributed by atoms with Crippen molar-refractivity contribution in [2.45, 2.75) is 20.4 Å². The molecular formula is C20H17FN4O4. The maximum atomic E-state index is 13.6. The van der Waals surface area contributed by atoms with E-state index in [4.69, 9.17) is 0 Å². The fourth-order valence-electron chi connectivity index (χ4n) is 2.92. The van der Waals surface area contributed by atoms with E-state index in [0.29, 0.717) is 5.56 Å². The van der Waals surface area contributed by atoms with E-state index in [0.717, 1.165) is 4.68 Å². The maximum absolute atomic E-state index is 13.6. The minimum atomic E-state index is -0.559. The number of aromatic nitrogens is 2. The molecule has 148 valence electrons. The monoisotopic (exact) mass is 396 g/mol. The van der Waals surface area contributed by atoms with Gasteiger partial charge in [-0.3, -0.25) is 19.7 Å². The molecule has 3 aromatic rings. The minimum Gasteiger partial charge on any atom is -0.350 e. The standard InChI is InChI=1S/C20H17FN4O4/c1-3-24-20(27)19(22-15-8-5-7-14(21)11-15)17(12(2)26)18(23-24)13-6-4-9-16(10-13)25(28)29/h4-11,22H,3H2,1-2H3. The average Bonchev–Trinajstić information content (AvgIpc) is 2.69. The second-order valence-electron chi connectivity index (χ2n) is 6.22. The molecule has 0 bridgehead atoms. The fraction of sp³-hybridized carbons (Fsp3) is 0.150. The molecule has 29 heavy (non-hydrogen) atoms. The molecular weight excluding hydrogens is 379 g/mol. The van der Waals surface area contributed by atoms with Crippen LogP contribution in [0.1, 0.15) is 24.2 Å². The van der Waals surface area contributed by atoms with Crippen molar-refractivity contribution in [1.82, 2.24) is 9.78 Å². The Morgan fingerprint density at radius 2 is 1.97 bits per heavy atom. The first-order valence-corrected chi connectivity index (χ1v) is 8.75. The van der Waals surface area contributed by atoms with Crippen molar-refractivity contribution in [1.29, 1.82) is 0 Å². The molecule has 1 aromatic heterocycles. The molecule has 0 aliphatic rings. The molecule has 0 aliphatic carbocycles. The first kappa shape index (κ1) is 19.9. The van der Waals surface area contributed by atoms with Crippen LogP contribution in [0.3, 0.4) is 0 Å². The number of nitrogens with one attached hydrogen (secondary N) is 1. The molecule has 2 aromatic carbocycles. The van der Waals surface area contributed by atoms with Gasteiger partial charge in [0.1, 0.15) is 17.2 Å². The summed E-state index contributed by atoms with van der Waals surface area (Å²) in [5.74, 6) is -0.971. The molecule has 0 fully saturated rings. The van der Waals surface area contributed by atoms with Gasteiger partial charge in [0.05, 0.1) is 10.5 Å². The smallest absolute Gasteiger partial charge is 0.291 e. The van der Waals surface area contributed by atoms with Crippen molar-refractivity contribution >= 4 is 22.8 Å². The Labute approximate surface area is 164 Å². The number of carbonyl (C=O) groups is 1. The molecule has 9 heteroatoms. The first-order valence-electron chi connectivity index (χ1n) is 8.75. The second-order valence-corrected chi connectivity index (χ2v) is 6.22. The normalized spacial score (nSPS) is 10.6. The number of ketones is 1. The largest absolute Gasteiger partial charge is 0.350 e. The SMILES string of the molecule is CCn1nc(-c2cccc([N+](=O)[O-])c2)c(C(C)=O)c(Nc2cccc(F)c2)c1=O. The van der Waals surface area contributed by atoms with Crippen molar-refractivity contribution in [3.05, 3.63) is 80.4 Å². The average molecular weight is 396 g/mol. The van der Waals surface area contributed by atoms with E-state index in [2.05, 4.69) is 10.4 Å². The summed E-state index contributed by atoms with van der Waals surface area (Å²) < 4.78 is 14.7. The minimum absolute atomic E-state index is 0.0236. The number of carbonyl (C=O) groups excluding carboxylic acids is 1. The van der Waals surface area contributed by atoms with Gasteiger partial charge < -0.3 is 5.32 Å². The Morgan fingerprint density at radius 3 is 2.59 bits per heavy atom. The first-order chi connectivity index (χ1) is 13.8. The number of non-ortho nitro benzene ring substituents is 1. The molecule has 0 spiro atoms. The van der Waals surface area contributed by atoms with Crippen LogP contribution in [0.2, 0.25) is 0 Å². The predicted molar refractivity (Wildman–Crippen MR) is 106 cm³/mol. The van der Waals surface area contributed by atoms with Crippen LogP contribution in [0.25, 0.3) is 11.3 Å². The maximum Gasteiger partial charge on any atom is 0.291 e. The number of Topliss-reactive ketones (excluding diaryl/α,β-unsaturated/α-hetero) is 1. The van der Waals surface area contributed by atoms with E-state index in [9.17, 15) is 24.1 Å². The molecule has 1 heterocycles. The fourth-order valence-corrected chi connectivity index (χ4v) is 2.92. The molecule has 0 unspecified atom stereocenters. The summed E-state index contributed by atoms with van der Waals surface area (Å²) in [5, 5.41) is 18.2. The summed E-state index contributed by atoms with van der Waals surface area (Å²) >= 11 is 0. The lowest BCUT2D eigenvalue weighted by atomic mass is 10.0. The topological polar surface area (TPSA) is 107 Å². The molecule has 0 saturated heterocycles. The Morgan fingerprint density at radius 1 is 1.24 bits per heavy atom. The number of hydrogen-bond acceptors (Lipinski definition) is 6. The highest BCUT2D eigenvalue weighted by molar-refractivity contribution is 6.05. The number of anilines is 2. The van der Waals surface area contributed by atoms with Gasteiger partial charge in [-0.25, -0.2) is 9.07 Å². The van der Waals surface area contributed by atoms with Gasteiger partial charge in [-0.2, -0.15) is 5.10 Å². The third-order valence-corrected chi connectivity index (χ3v) is 4.23. The Balaban J connectivity index is 2.29. The van der Waals surface area contributed by atoms with Crippen LogP contribution in [0.5, 0.6) is 0 Å². The van der Waals surface area contributed by atoms with Gasteiger partial charge in [-0.1, -0.05) is 18.2 Å². The number of halogens is 1. The van der Waals surface area contributed by atoms with Crippen molar-refractivity contribution in [2.75, 3.05) is 5.32 Å². The third kappa shape index (κ3) is 4.03. The van der Waals surface area contributed by atoms with Crippen molar-refractivity contribution in [3.63, 3.8) is 0 Å². The highest BCUT2D eigenvalue weighted by Gasteiger charge is 2.23. The molecule has 0 saturated carbocycles. The summed E-state index contributed by atoms with van der Waals surface area (Å²) in [6.07, 6.45) is 0.